The van der Waals surface area contributed by atoms with Crippen molar-refractivity contribution in [1.82, 2.24) is 15.2 Å². The Morgan fingerprint density at radius 2 is 1.67 bits per heavy atom. The van der Waals surface area contributed by atoms with Crippen LogP contribution in [0.2, 0.25) is 0 Å². The fourth-order valence-corrected chi connectivity index (χ4v) is 7.51. The van der Waals surface area contributed by atoms with E-state index in [2.05, 4.69) is 34.6 Å². The maximum absolute atomic E-state index is 13.4. The predicted octanol–water partition coefficient (Wildman–Crippen LogP) is 4.03. The molecular formula is C33H51N5O9S2. The molecule has 49 heavy (non-hydrogen) atoms. The van der Waals surface area contributed by atoms with Gasteiger partial charge in [0.15, 0.2) is 16.9 Å². The number of amides is 3. The van der Waals surface area contributed by atoms with Crippen LogP contribution in [0.5, 0.6) is 0 Å². The third kappa shape index (κ3) is 12.7. The van der Waals surface area contributed by atoms with Crippen molar-refractivity contribution in [2.45, 2.75) is 108 Å². The molecule has 1 fully saturated rings. The monoisotopic (exact) mass is 725 g/mol. The number of thiazole rings is 1. The maximum atomic E-state index is 13.4. The average Bonchev–Trinajstić information content (AvgIpc) is 3.56. The Morgan fingerprint density at radius 1 is 1.06 bits per heavy atom. The highest BCUT2D eigenvalue weighted by atomic mass is 32.2. The molecule has 2 aliphatic rings. The van der Waals surface area contributed by atoms with Crippen molar-refractivity contribution in [3.8, 4) is 0 Å². The second kappa shape index (κ2) is 22.6. The number of esters is 1. The molecule has 0 spiro atoms. The lowest BCUT2D eigenvalue weighted by Crippen LogP contribution is -2.74. The van der Waals surface area contributed by atoms with Crippen molar-refractivity contribution in [3.63, 3.8) is 0 Å². The van der Waals surface area contributed by atoms with Crippen LogP contribution in [-0.4, -0.2) is 101 Å². The molecule has 3 heterocycles. The molecule has 2 unspecified atom stereocenters. The third-order valence-electron chi connectivity index (χ3n) is 8.00. The first kappa shape index (κ1) is 40.4. The summed E-state index contributed by atoms with van der Waals surface area (Å²) < 4.78 is 30.6. The molecular weight excluding hydrogens is 675 g/mol. The van der Waals surface area contributed by atoms with Gasteiger partial charge >= 0.3 is 5.97 Å². The molecule has 2 N–H and O–H groups in total. The number of hydrogen-bond donors (Lipinski definition) is 2. The van der Waals surface area contributed by atoms with E-state index in [4.69, 9.17) is 19.0 Å². The summed E-state index contributed by atoms with van der Waals surface area (Å²) in [6, 6.07) is -1.18. The first-order valence-corrected chi connectivity index (χ1v) is 19.5. The van der Waals surface area contributed by atoms with Gasteiger partial charge in [-0.1, -0.05) is 83.2 Å². The lowest BCUT2D eigenvalue weighted by molar-refractivity contribution is -0.159. The Bertz CT molecular complexity index is 1240. The van der Waals surface area contributed by atoms with Gasteiger partial charge in [-0.05, 0) is 30.1 Å². The second-order valence-electron chi connectivity index (χ2n) is 11.8. The standard InChI is InChI=1S/C33H51N5O9S2/c1-4-6-8-10-12-14-17-45-20-24(21-46-18-15-13-11-9-7-5-2)47-32(42)26-16-19-49(43)31-28(30(41)38(26)31)36-29(40)27(37-44-3)25-22-48-33(35-25)34-23-39/h16,22-24,28,31H,4-15,17-21H2,1-3H3,(H,36,40)(H,34,35,39)/t28?,31-,49?/m0/s1. The first-order valence-electron chi connectivity index (χ1n) is 17.2. The third-order valence-corrected chi connectivity index (χ3v) is 10.3. The van der Waals surface area contributed by atoms with E-state index >= 15 is 0 Å². The summed E-state index contributed by atoms with van der Waals surface area (Å²) >= 11 is -0.541. The molecule has 3 amide bonds. The van der Waals surface area contributed by atoms with E-state index in [1.807, 2.05) is 0 Å². The Morgan fingerprint density at radius 3 is 2.27 bits per heavy atom. The Kier molecular flexibility index (Phi) is 18.6. The van der Waals surface area contributed by atoms with Crippen LogP contribution in [0.25, 0.3) is 0 Å². The van der Waals surface area contributed by atoms with Crippen LogP contribution >= 0.6 is 11.3 Å². The van der Waals surface area contributed by atoms with Crippen molar-refractivity contribution in [2.75, 3.05) is 44.6 Å². The fraction of sp³-hybridized carbons (Fsp3) is 0.697. The number of rotatable bonds is 26. The number of aromatic nitrogens is 1. The number of carbonyl (C=O) groups excluding carboxylic acids is 4. The van der Waals surface area contributed by atoms with Crippen LogP contribution in [-0.2, 0) is 49.4 Å². The van der Waals surface area contributed by atoms with Gasteiger partial charge < -0.3 is 34.2 Å². The minimum absolute atomic E-state index is 0.00912. The van der Waals surface area contributed by atoms with Crippen LogP contribution in [0.4, 0.5) is 5.13 Å². The van der Waals surface area contributed by atoms with Crippen LogP contribution in [0.3, 0.4) is 0 Å². The van der Waals surface area contributed by atoms with Gasteiger partial charge in [0.05, 0.1) is 13.2 Å². The summed E-state index contributed by atoms with van der Waals surface area (Å²) in [5, 5.41) is 9.40. The number of unbranched alkanes of at least 4 members (excludes halogenated alkanes) is 10. The first-order chi connectivity index (χ1) is 23.9. The molecule has 0 saturated carbocycles. The van der Waals surface area contributed by atoms with E-state index in [0.29, 0.717) is 19.6 Å². The van der Waals surface area contributed by atoms with Crippen molar-refractivity contribution in [1.29, 1.82) is 0 Å². The fourth-order valence-electron chi connectivity index (χ4n) is 5.39. The van der Waals surface area contributed by atoms with E-state index in [1.54, 1.807) is 0 Å². The highest BCUT2D eigenvalue weighted by Crippen LogP contribution is 2.34. The van der Waals surface area contributed by atoms with E-state index < -0.39 is 46.5 Å². The molecule has 1 saturated heterocycles. The highest BCUT2D eigenvalue weighted by molar-refractivity contribution is 7.92. The largest absolute Gasteiger partial charge is 0.614 e. The molecule has 274 valence electrons. The van der Waals surface area contributed by atoms with Crippen molar-refractivity contribution in [2.24, 2.45) is 5.16 Å². The Labute approximate surface area is 295 Å². The van der Waals surface area contributed by atoms with Crippen LogP contribution in [0.15, 0.2) is 22.3 Å². The molecule has 3 atom stereocenters. The Hall–Kier alpha value is -3.05. The van der Waals surface area contributed by atoms with Crippen molar-refractivity contribution < 1.29 is 42.8 Å². The number of nitrogens with one attached hydrogen (secondary N) is 2. The zero-order chi connectivity index (χ0) is 35.4. The average molecular weight is 726 g/mol. The topological polar surface area (TPSA) is 181 Å². The van der Waals surface area contributed by atoms with E-state index in [9.17, 15) is 23.7 Å². The Balaban J connectivity index is 1.59. The number of fused-ring (bicyclic) bond motifs is 1. The second-order valence-corrected chi connectivity index (χ2v) is 14.3. The van der Waals surface area contributed by atoms with Crippen molar-refractivity contribution >= 4 is 57.5 Å². The smallest absolute Gasteiger partial charge is 0.355 e. The molecule has 0 aromatic carbocycles. The number of hydrogen-bond acceptors (Lipinski definition) is 12. The maximum Gasteiger partial charge on any atom is 0.355 e. The SMILES string of the molecule is CCCCCCCCOCC(COCCCCCCCC)OC(=O)C1=CC[S+]([O-])[C@H]2C(NC(=O)C(=NOC)c3csc(NC=O)n3)C(=O)N12. The summed E-state index contributed by atoms with van der Waals surface area (Å²) in [7, 11) is 1.24. The van der Waals surface area contributed by atoms with Gasteiger partial charge in [0.25, 0.3) is 11.8 Å². The lowest BCUT2D eigenvalue weighted by atomic mass is 10.0. The number of oxime groups is 1. The molecule has 16 heteroatoms. The van der Waals surface area contributed by atoms with Gasteiger partial charge in [0, 0.05) is 18.6 Å². The molecule has 14 nitrogen and oxygen atoms in total. The number of carbonyl (C=O) groups is 4. The summed E-state index contributed by atoms with van der Waals surface area (Å²) in [6.45, 7) is 5.74. The van der Waals surface area contributed by atoms with E-state index in [-0.39, 0.29) is 41.2 Å². The molecule has 2 aliphatic heterocycles. The number of nitrogens with zero attached hydrogens (tertiary/aromatic N) is 3. The molecule has 3 rings (SSSR count). The van der Waals surface area contributed by atoms with Crippen LogP contribution in [0.1, 0.15) is 96.6 Å². The lowest BCUT2D eigenvalue weighted by Gasteiger charge is -2.48. The minimum atomic E-state index is -1.60. The van der Waals surface area contributed by atoms with Gasteiger partial charge in [-0.2, -0.15) is 0 Å². The van der Waals surface area contributed by atoms with Crippen LogP contribution < -0.4 is 10.6 Å². The van der Waals surface area contributed by atoms with E-state index in [1.165, 1.54) is 57.1 Å². The zero-order valence-electron chi connectivity index (χ0n) is 28.8. The zero-order valence-corrected chi connectivity index (χ0v) is 30.5. The summed E-state index contributed by atoms with van der Waals surface area (Å²) in [5.74, 6) is -2.19. The normalized spacial score (nSPS) is 18.8. The summed E-state index contributed by atoms with van der Waals surface area (Å²) in [6.07, 6.45) is 14.7. The van der Waals surface area contributed by atoms with Gasteiger partial charge in [-0.15, -0.1) is 11.3 Å². The number of β-lactam (4-membered cyclic amide) rings is 1. The predicted molar refractivity (Wildman–Crippen MR) is 187 cm³/mol. The number of ether oxygens (including phenoxy) is 3. The molecule has 1 aromatic rings. The summed E-state index contributed by atoms with van der Waals surface area (Å²) in [4.78, 5) is 60.7. The molecule has 0 aliphatic carbocycles. The minimum Gasteiger partial charge on any atom is -0.614 e. The highest BCUT2D eigenvalue weighted by Gasteiger charge is 2.60. The number of anilines is 1. The van der Waals surface area contributed by atoms with Crippen LogP contribution in [0, 0.1) is 0 Å². The molecule has 1 aromatic heterocycles. The molecule has 0 radical (unpaired) electrons. The van der Waals surface area contributed by atoms with Gasteiger partial charge in [-0.3, -0.25) is 19.3 Å². The van der Waals surface area contributed by atoms with E-state index in [0.717, 1.165) is 54.8 Å². The van der Waals surface area contributed by atoms with Crippen molar-refractivity contribution in [3.05, 3.63) is 22.8 Å². The van der Waals surface area contributed by atoms with Gasteiger partial charge in [0.2, 0.25) is 11.8 Å². The molecule has 0 bridgehead atoms. The quantitative estimate of drug-likeness (QED) is 0.0269. The van der Waals surface area contributed by atoms with Gasteiger partial charge in [0.1, 0.15) is 30.4 Å². The van der Waals surface area contributed by atoms with Gasteiger partial charge in [-0.25, -0.2) is 9.78 Å². The summed E-state index contributed by atoms with van der Waals surface area (Å²) in [5.41, 5.74) is -0.174.